The first-order valence-corrected chi connectivity index (χ1v) is 10.2. The van der Waals surface area contributed by atoms with Crippen LogP contribution in [0.15, 0.2) is 30.3 Å². The van der Waals surface area contributed by atoms with Crippen LogP contribution in [0.1, 0.15) is 32.7 Å². The predicted octanol–water partition coefficient (Wildman–Crippen LogP) is 3.35. The summed E-state index contributed by atoms with van der Waals surface area (Å²) in [7, 11) is 1.68. The van der Waals surface area contributed by atoms with Gasteiger partial charge in [-0.3, -0.25) is 9.48 Å². The molecule has 5 rings (SSSR count). The summed E-state index contributed by atoms with van der Waals surface area (Å²) in [5.41, 5.74) is 5.26. The van der Waals surface area contributed by atoms with E-state index < -0.39 is 17.5 Å². The molecule has 0 saturated carbocycles. The molecule has 0 bridgehead atoms. The van der Waals surface area contributed by atoms with Crippen LogP contribution in [0, 0.1) is 17.5 Å². The van der Waals surface area contributed by atoms with E-state index >= 15 is 0 Å². The highest BCUT2D eigenvalue weighted by Gasteiger charge is 2.29. The van der Waals surface area contributed by atoms with Crippen LogP contribution < -0.4 is 5.32 Å². The van der Waals surface area contributed by atoms with Gasteiger partial charge in [0.2, 0.25) is 0 Å². The highest BCUT2D eigenvalue weighted by Crippen LogP contribution is 2.32. The van der Waals surface area contributed by atoms with Crippen LogP contribution in [-0.2, 0) is 33.0 Å². The molecule has 0 fully saturated rings. The van der Waals surface area contributed by atoms with Crippen LogP contribution in [-0.4, -0.2) is 33.7 Å². The van der Waals surface area contributed by atoms with Crippen LogP contribution >= 0.6 is 0 Å². The Hall–Kier alpha value is -3.13. The monoisotopic (exact) mass is 426 g/mol. The maximum Gasteiger partial charge on any atom is 0.254 e. The van der Waals surface area contributed by atoms with Crippen molar-refractivity contribution in [2.24, 2.45) is 7.05 Å². The SMILES string of the molecule is Cn1nc2c(c1-c1cc(F)c(F)c(F)c1)CCN(C(=O)c1cccc3c1CCNC3)C2. The van der Waals surface area contributed by atoms with Gasteiger partial charge in [0.15, 0.2) is 17.5 Å². The van der Waals surface area contributed by atoms with Gasteiger partial charge in [-0.05, 0) is 48.7 Å². The normalized spacial score (nSPS) is 15.5. The Morgan fingerprint density at radius 3 is 2.65 bits per heavy atom. The third-order valence-electron chi connectivity index (χ3n) is 6.12. The van der Waals surface area contributed by atoms with Crippen molar-refractivity contribution in [2.45, 2.75) is 25.9 Å². The van der Waals surface area contributed by atoms with Gasteiger partial charge in [-0.25, -0.2) is 13.2 Å². The zero-order chi connectivity index (χ0) is 21.7. The van der Waals surface area contributed by atoms with E-state index in [4.69, 9.17) is 0 Å². The number of hydrogen-bond acceptors (Lipinski definition) is 3. The lowest BCUT2D eigenvalue weighted by Gasteiger charge is -2.29. The number of hydrogen-bond donors (Lipinski definition) is 1. The number of amides is 1. The van der Waals surface area contributed by atoms with Crippen LogP contribution in [0.3, 0.4) is 0 Å². The van der Waals surface area contributed by atoms with Gasteiger partial charge in [0, 0.05) is 36.8 Å². The molecule has 0 unspecified atom stereocenters. The molecule has 0 aliphatic carbocycles. The number of carbonyl (C=O) groups is 1. The van der Waals surface area contributed by atoms with Crippen LogP contribution in [0.5, 0.6) is 0 Å². The Labute approximate surface area is 177 Å². The molecule has 5 nitrogen and oxygen atoms in total. The molecule has 1 amide bonds. The topological polar surface area (TPSA) is 50.2 Å². The van der Waals surface area contributed by atoms with Crippen LogP contribution in [0.25, 0.3) is 11.3 Å². The van der Waals surface area contributed by atoms with E-state index in [1.165, 1.54) is 0 Å². The molecule has 3 aromatic rings. The maximum absolute atomic E-state index is 13.8. The number of aryl methyl sites for hydroxylation is 1. The van der Waals surface area contributed by atoms with E-state index in [0.29, 0.717) is 30.9 Å². The predicted molar refractivity (Wildman–Crippen MR) is 109 cm³/mol. The maximum atomic E-state index is 13.8. The van der Waals surface area contributed by atoms with Crippen molar-refractivity contribution < 1.29 is 18.0 Å². The highest BCUT2D eigenvalue weighted by atomic mass is 19.2. The summed E-state index contributed by atoms with van der Waals surface area (Å²) in [4.78, 5) is 15.1. The number of benzene rings is 2. The fourth-order valence-electron chi connectivity index (χ4n) is 4.65. The minimum atomic E-state index is -1.49. The Morgan fingerprint density at radius 2 is 1.87 bits per heavy atom. The van der Waals surface area contributed by atoms with Crippen molar-refractivity contribution >= 4 is 5.91 Å². The molecule has 0 saturated heterocycles. The highest BCUT2D eigenvalue weighted by molar-refractivity contribution is 5.96. The van der Waals surface area contributed by atoms with Gasteiger partial charge < -0.3 is 10.2 Å². The molecule has 2 aliphatic rings. The van der Waals surface area contributed by atoms with Gasteiger partial charge in [-0.15, -0.1) is 0 Å². The molecule has 160 valence electrons. The third kappa shape index (κ3) is 3.31. The number of rotatable bonds is 2. The van der Waals surface area contributed by atoms with E-state index in [1.807, 2.05) is 18.2 Å². The van der Waals surface area contributed by atoms with Crippen molar-refractivity contribution in [1.82, 2.24) is 20.0 Å². The summed E-state index contributed by atoms with van der Waals surface area (Å²) >= 11 is 0. The fraction of sp³-hybridized carbons (Fsp3) is 0.304. The molecule has 1 aromatic heterocycles. The molecule has 2 aliphatic heterocycles. The number of aromatic nitrogens is 2. The number of nitrogens with zero attached hydrogens (tertiary/aromatic N) is 3. The van der Waals surface area contributed by atoms with Gasteiger partial charge in [-0.1, -0.05) is 12.1 Å². The summed E-state index contributed by atoms with van der Waals surface area (Å²) in [5.74, 6) is -3.99. The fourth-order valence-corrected chi connectivity index (χ4v) is 4.65. The van der Waals surface area contributed by atoms with Gasteiger partial charge in [0.25, 0.3) is 5.91 Å². The van der Waals surface area contributed by atoms with Crippen LogP contribution in [0.2, 0.25) is 0 Å². The Bertz CT molecular complexity index is 1180. The van der Waals surface area contributed by atoms with E-state index in [0.717, 1.165) is 53.9 Å². The average molecular weight is 426 g/mol. The van der Waals surface area contributed by atoms with E-state index in [9.17, 15) is 18.0 Å². The number of nitrogens with one attached hydrogen (secondary N) is 1. The van der Waals surface area contributed by atoms with E-state index in [2.05, 4.69) is 10.4 Å². The molecule has 3 heterocycles. The first-order chi connectivity index (χ1) is 14.9. The molecule has 31 heavy (non-hydrogen) atoms. The van der Waals surface area contributed by atoms with Crippen LogP contribution in [0.4, 0.5) is 13.2 Å². The summed E-state index contributed by atoms with van der Waals surface area (Å²) in [5, 5.41) is 7.82. The second kappa shape index (κ2) is 7.53. The van der Waals surface area contributed by atoms with Crippen molar-refractivity contribution in [3.05, 3.63) is 75.7 Å². The lowest BCUT2D eigenvalue weighted by molar-refractivity contribution is 0.0731. The Morgan fingerprint density at radius 1 is 1.10 bits per heavy atom. The molecule has 1 N–H and O–H groups in total. The minimum Gasteiger partial charge on any atom is -0.332 e. The Balaban J connectivity index is 1.46. The molecule has 2 aromatic carbocycles. The van der Waals surface area contributed by atoms with Gasteiger partial charge >= 0.3 is 0 Å². The van der Waals surface area contributed by atoms with Gasteiger partial charge in [0.05, 0.1) is 17.9 Å². The summed E-state index contributed by atoms with van der Waals surface area (Å²) in [6, 6.07) is 7.79. The van der Waals surface area contributed by atoms with Crippen molar-refractivity contribution in [1.29, 1.82) is 0 Å². The van der Waals surface area contributed by atoms with Crippen molar-refractivity contribution in [2.75, 3.05) is 13.1 Å². The smallest absolute Gasteiger partial charge is 0.254 e. The number of fused-ring (bicyclic) bond motifs is 2. The second-order valence-corrected chi connectivity index (χ2v) is 8.00. The van der Waals surface area contributed by atoms with Crippen molar-refractivity contribution in [3.8, 4) is 11.3 Å². The Kier molecular flexibility index (Phi) is 4.81. The summed E-state index contributed by atoms with van der Waals surface area (Å²) in [6.07, 6.45) is 1.31. The minimum absolute atomic E-state index is 0.0320. The zero-order valence-corrected chi connectivity index (χ0v) is 17.0. The summed E-state index contributed by atoms with van der Waals surface area (Å²) < 4.78 is 42.5. The zero-order valence-electron chi connectivity index (χ0n) is 17.0. The summed E-state index contributed by atoms with van der Waals surface area (Å²) in [6.45, 7) is 2.39. The van der Waals surface area contributed by atoms with Gasteiger partial charge in [0.1, 0.15) is 0 Å². The first kappa shape index (κ1) is 19.8. The molecular weight excluding hydrogens is 405 g/mol. The quantitative estimate of drug-likeness (QED) is 0.640. The molecule has 8 heteroatoms. The lowest BCUT2D eigenvalue weighted by Crippen LogP contribution is -2.37. The molecule has 0 atom stereocenters. The molecule has 0 radical (unpaired) electrons. The standard InChI is InChI=1S/C23H21F3N4O/c1-29-22(14-9-18(24)21(26)19(25)10-14)17-6-8-30(12-20(17)28-29)23(31)16-4-2-3-13-11-27-7-5-15(13)16/h2-4,9-10,27H,5-8,11-12H2,1H3. The number of halogens is 3. The van der Waals surface area contributed by atoms with E-state index in [-0.39, 0.29) is 11.5 Å². The lowest BCUT2D eigenvalue weighted by atomic mass is 9.94. The average Bonchev–Trinajstić information content (AvgIpc) is 3.11. The number of carbonyl (C=O) groups excluding carboxylic acids is 1. The molecular formula is C23H21F3N4O. The largest absolute Gasteiger partial charge is 0.332 e. The van der Waals surface area contributed by atoms with Gasteiger partial charge in [-0.2, -0.15) is 5.10 Å². The second-order valence-electron chi connectivity index (χ2n) is 8.00. The molecule has 0 spiro atoms. The third-order valence-corrected chi connectivity index (χ3v) is 6.12. The first-order valence-electron chi connectivity index (χ1n) is 10.2. The van der Waals surface area contributed by atoms with Crippen molar-refractivity contribution in [3.63, 3.8) is 0 Å². The van der Waals surface area contributed by atoms with E-state index in [1.54, 1.807) is 16.6 Å².